The van der Waals surface area contributed by atoms with Gasteiger partial charge in [-0.25, -0.2) is 0 Å². The lowest BCUT2D eigenvalue weighted by molar-refractivity contribution is -0.115. The fourth-order valence-corrected chi connectivity index (χ4v) is 1.63. The topological polar surface area (TPSA) is 54.1 Å². The number of hydrogen-bond acceptors (Lipinski definition) is 2. The van der Waals surface area contributed by atoms with Crippen LogP contribution in [0.2, 0.25) is 0 Å². The smallest absolute Gasteiger partial charge is 0.252 e. The van der Waals surface area contributed by atoms with E-state index in [9.17, 15) is 4.79 Å². The summed E-state index contributed by atoms with van der Waals surface area (Å²) in [5.74, 6) is 0.344. The Kier molecular flexibility index (Phi) is 3.48. The van der Waals surface area contributed by atoms with Crippen LogP contribution in [0.3, 0.4) is 0 Å². The Hall–Kier alpha value is -2.49. The van der Waals surface area contributed by atoms with Gasteiger partial charge in [-0.15, -0.1) is 0 Å². The molecule has 2 heterocycles. The van der Waals surface area contributed by atoms with E-state index in [1.165, 1.54) is 24.1 Å². The van der Waals surface area contributed by atoms with Crippen LogP contribution in [0.1, 0.15) is 0 Å². The van der Waals surface area contributed by atoms with E-state index in [0.29, 0.717) is 11.5 Å². The molecule has 0 atom stereocenters. The Morgan fingerprint density at radius 2 is 2.00 bits per heavy atom. The van der Waals surface area contributed by atoms with Gasteiger partial charge in [0.15, 0.2) is 0 Å². The SMILES string of the molecule is C=C1NC(=O)C=C1OC.c1ccc2[nH]ccc2c1. The molecule has 92 valence electrons. The standard InChI is InChI=1S/C8H7N.C6H7NO2/c1-2-4-8-7(3-1)5-6-9-8;1-4-5(9-2)3-6(8)7-4/h1-6,9H;3H,1H2,2H3,(H,7,8). The van der Waals surface area contributed by atoms with Crippen LogP contribution in [-0.2, 0) is 9.53 Å². The molecule has 2 aromatic rings. The number of carbonyl (C=O) groups is 1. The van der Waals surface area contributed by atoms with Crippen molar-refractivity contribution in [2.24, 2.45) is 0 Å². The zero-order valence-electron chi connectivity index (χ0n) is 10.1. The molecule has 1 aliphatic rings. The van der Waals surface area contributed by atoms with E-state index < -0.39 is 0 Å². The van der Waals surface area contributed by atoms with Crippen molar-refractivity contribution in [1.82, 2.24) is 10.3 Å². The number of amides is 1. The molecule has 3 rings (SSSR count). The van der Waals surface area contributed by atoms with Crippen LogP contribution < -0.4 is 5.32 Å². The molecule has 18 heavy (non-hydrogen) atoms. The van der Waals surface area contributed by atoms with Crippen molar-refractivity contribution in [2.75, 3.05) is 7.11 Å². The number of para-hydroxylation sites is 1. The first-order chi connectivity index (χ1) is 8.70. The minimum absolute atomic E-state index is 0.170. The fraction of sp³-hybridized carbons (Fsp3) is 0.0714. The van der Waals surface area contributed by atoms with E-state index >= 15 is 0 Å². The minimum Gasteiger partial charge on any atom is -0.494 e. The lowest BCUT2D eigenvalue weighted by atomic mass is 10.3. The van der Waals surface area contributed by atoms with E-state index in [2.05, 4.69) is 35.1 Å². The van der Waals surface area contributed by atoms with Crippen LogP contribution in [0.25, 0.3) is 10.9 Å². The number of aromatic amines is 1. The van der Waals surface area contributed by atoms with Gasteiger partial charge >= 0.3 is 0 Å². The predicted molar refractivity (Wildman–Crippen MR) is 70.7 cm³/mol. The number of benzene rings is 1. The van der Waals surface area contributed by atoms with E-state index in [4.69, 9.17) is 4.74 Å². The summed E-state index contributed by atoms with van der Waals surface area (Å²) in [4.78, 5) is 13.6. The number of rotatable bonds is 1. The molecule has 1 aromatic heterocycles. The second-order valence-corrected chi connectivity index (χ2v) is 3.75. The van der Waals surface area contributed by atoms with Gasteiger partial charge < -0.3 is 15.0 Å². The van der Waals surface area contributed by atoms with Crippen LogP contribution in [-0.4, -0.2) is 18.0 Å². The first-order valence-corrected chi connectivity index (χ1v) is 5.49. The van der Waals surface area contributed by atoms with Crippen molar-refractivity contribution in [2.45, 2.75) is 0 Å². The average Bonchev–Trinajstić information content (AvgIpc) is 2.96. The highest BCUT2D eigenvalue weighted by Gasteiger charge is 2.14. The molecule has 1 aromatic carbocycles. The van der Waals surface area contributed by atoms with Gasteiger partial charge in [-0.3, -0.25) is 4.79 Å². The van der Waals surface area contributed by atoms with Crippen molar-refractivity contribution in [3.05, 3.63) is 60.6 Å². The summed E-state index contributed by atoms with van der Waals surface area (Å²) in [5, 5.41) is 3.74. The van der Waals surface area contributed by atoms with Crippen LogP contribution in [0, 0.1) is 0 Å². The highest BCUT2D eigenvalue weighted by Crippen LogP contribution is 2.10. The third kappa shape index (κ3) is 2.60. The molecule has 0 spiro atoms. The quantitative estimate of drug-likeness (QED) is 0.806. The maximum absolute atomic E-state index is 10.5. The molecular weight excluding hydrogens is 228 g/mol. The summed E-state index contributed by atoms with van der Waals surface area (Å²) >= 11 is 0. The van der Waals surface area contributed by atoms with E-state index in [1.54, 1.807) is 0 Å². The van der Waals surface area contributed by atoms with E-state index in [1.807, 2.05) is 18.3 Å². The number of carbonyl (C=O) groups excluding carboxylic acids is 1. The third-order valence-corrected chi connectivity index (χ3v) is 2.52. The molecule has 0 fully saturated rings. The number of ether oxygens (including phenoxy) is 1. The lowest BCUT2D eigenvalue weighted by Crippen LogP contribution is -2.12. The van der Waals surface area contributed by atoms with Gasteiger partial charge in [-0.05, 0) is 17.5 Å². The Morgan fingerprint density at radius 1 is 1.22 bits per heavy atom. The normalized spacial score (nSPS) is 13.7. The van der Waals surface area contributed by atoms with E-state index in [0.717, 1.165) is 0 Å². The van der Waals surface area contributed by atoms with Crippen molar-refractivity contribution in [1.29, 1.82) is 0 Å². The van der Waals surface area contributed by atoms with Gasteiger partial charge in [0.05, 0.1) is 12.8 Å². The predicted octanol–water partition coefficient (Wildman–Crippen LogP) is 2.33. The fourth-order valence-electron chi connectivity index (χ4n) is 1.63. The number of nitrogens with one attached hydrogen (secondary N) is 2. The lowest BCUT2D eigenvalue weighted by Gasteiger charge is -1.98. The molecule has 1 aliphatic heterocycles. The third-order valence-electron chi connectivity index (χ3n) is 2.52. The summed E-state index contributed by atoms with van der Waals surface area (Å²) in [6.45, 7) is 3.53. The van der Waals surface area contributed by atoms with Gasteiger partial charge in [0.1, 0.15) is 5.76 Å². The second-order valence-electron chi connectivity index (χ2n) is 3.75. The van der Waals surface area contributed by atoms with Gasteiger partial charge in [0, 0.05) is 17.8 Å². The molecule has 0 aliphatic carbocycles. The summed E-state index contributed by atoms with van der Waals surface area (Å²) < 4.78 is 4.77. The second kappa shape index (κ2) is 5.23. The first kappa shape index (κ1) is 12.0. The number of methoxy groups -OCH3 is 1. The molecule has 4 heteroatoms. The van der Waals surface area contributed by atoms with Crippen molar-refractivity contribution in [3.8, 4) is 0 Å². The summed E-state index contributed by atoms with van der Waals surface area (Å²) in [6.07, 6.45) is 3.31. The first-order valence-electron chi connectivity index (χ1n) is 5.49. The molecule has 0 radical (unpaired) electrons. The van der Waals surface area contributed by atoms with Crippen LogP contribution >= 0.6 is 0 Å². The molecular formula is C14H14N2O2. The Bertz CT molecular complexity index is 581. The summed E-state index contributed by atoms with van der Waals surface area (Å²) in [6, 6.07) is 10.3. The number of hydrogen-bond donors (Lipinski definition) is 2. The molecule has 2 N–H and O–H groups in total. The van der Waals surface area contributed by atoms with Crippen molar-refractivity contribution in [3.63, 3.8) is 0 Å². The molecule has 1 amide bonds. The van der Waals surface area contributed by atoms with Gasteiger partial charge in [-0.2, -0.15) is 0 Å². The van der Waals surface area contributed by atoms with Crippen molar-refractivity contribution < 1.29 is 9.53 Å². The summed E-state index contributed by atoms with van der Waals surface area (Å²) in [7, 11) is 1.50. The Labute approximate surface area is 105 Å². The van der Waals surface area contributed by atoms with Crippen LogP contribution in [0.4, 0.5) is 0 Å². The maximum Gasteiger partial charge on any atom is 0.252 e. The zero-order chi connectivity index (χ0) is 13.0. The molecule has 0 saturated heterocycles. The number of aromatic nitrogens is 1. The monoisotopic (exact) mass is 242 g/mol. The van der Waals surface area contributed by atoms with Gasteiger partial charge in [0.2, 0.25) is 0 Å². The Morgan fingerprint density at radius 3 is 2.56 bits per heavy atom. The summed E-state index contributed by atoms with van der Waals surface area (Å²) in [5.41, 5.74) is 1.74. The van der Waals surface area contributed by atoms with Gasteiger partial charge in [-0.1, -0.05) is 24.8 Å². The van der Waals surface area contributed by atoms with E-state index in [-0.39, 0.29) is 5.91 Å². The zero-order valence-corrected chi connectivity index (χ0v) is 10.1. The van der Waals surface area contributed by atoms with Crippen LogP contribution in [0.5, 0.6) is 0 Å². The molecule has 0 saturated carbocycles. The maximum atomic E-state index is 10.5. The van der Waals surface area contributed by atoms with Gasteiger partial charge in [0.25, 0.3) is 5.91 Å². The van der Waals surface area contributed by atoms with Crippen LogP contribution in [0.15, 0.2) is 60.6 Å². The van der Waals surface area contributed by atoms with Crippen molar-refractivity contribution >= 4 is 16.8 Å². The molecule has 0 bridgehead atoms. The average molecular weight is 242 g/mol. The molecule has 4 nitrogen and oxygen atoms in total. The number of fused-ring (bicyclic) bond motifs is 1. The Balaban J connectivity index is 0.000000134. The minimum atomic E-state index is -0.170. The number of H-pyrrole nitrogens is 1. The largest absolute Gasteiger partial charge is 0.494 e. The highest BCUT2D eigenvalue weighted by atomic mass is 16.5. The molecule has 0 unspecified atom stereocenters. The highest BCUT2D eigenvalue weighted by molar-refractivity contribution is 5.93.